The summed E-state index contributed by atoms with van der Waals surface area (Å²) < 4.78 is 18.8. The number of nitrogens with two attached hydrogens (primary N) is 1. The van der Waals surface area contributed by atoms with Gasteiger partial charge in [-0.1, -0.05) is 23.7 Å². The largest absolute Gasteiger partial charge is 0.484 e. The molecule has 0 spiro atoms. The molecule has 0 fully saturated rings. The highest BCUT2D eigenvalue weighted by Crippen LogP contribution is 2.29. The quantitative estimate of drug-likeness (QED) is 0.918. The van der Waals surface area contributed by atoms with Crippen LogP contribution in [-0.2, 0) is 0 Å². The van der Waals surface area contributed by atoms with Gasteiger partial charge >= 0.3 is 0 Å². The van der Waals surface area contributed by atoms with E-state index in [9.17, 15) is 4.39 Å². The van der Waals surface area contributed by atoms with Gasteiger partial charge in [0.25, 0.3) is 0 Å². The SMILES string of the molecule is Cc1cc(OC(CN)c2ccc(F)cc2)cc(C)c1Cl. The van der Waals surface area contributed by atoms with E-state index in [2.05, 4.69) is 0 Å². The summed E-state index contributed by atoms with van der Waals surface area (Å²) in [6.45, 7) is 4.17. The predicted molar refractivity (Wildman–Crippen MR) is 79.7 cm³/mol. The van der Waals surface area contributed by atoms with Gasteiger partial charge in [0.15, 0.2) is 0 Å². The van der Waals surface area contributed by atoms with E-state index in [0.717, 1.165) is 21.7 Å². The molecule has 2 aromatic carbocycles. The minimum Gasteiger partial charge on any atom is -0.484 e. The standard InChI is InChI=1S/C16H17ClFNO/c1-10-7-14(8-11(2)16(10)17)20-15(9-19)12-3-5-13(18)6-4-12/h3-8,15H,9,19H2,1-2H3. The Hall–Kier alpha value is -1.58. The monoisotopic (exact) mass is 293 g/mol. The van der Waals surface area contributed by atoms with E-state index in [4.69, 9.17) is 22.1 Å². The number of aryl methyl sites for hydroxylation is 2. The highest BCUT2D eigenvalue weighted by molar-refractivity contribution is 6.32. The Balaban J connectivity index is 2.24. The molecule has 0 amide bonds. The van der Waals surface area contributed by atoms with Gasteiger partial charge in [0.2, 0.25) is 0 Å². The van der Waals surface area contributed by atoms with E-state index in [1.165, 1.54) is 12.1 Å². The van der Waals surface area contributed by atoms with Crippen molar-refractivity contribution in [1.82, 2.24) is 0 Å². The molecule has 2 rings (SSSR count). The molecule has 0 heterocycles. The maximum Gasteiger partial charge on any atom is 0.136 e. The fourth-order valence-corrected chi connectivity index (χ4v) is 2.18. The van der Waals surface area contributed by atoms with Crippen molar-refractivity contribution in [2.45, 2.75) is 20.0 Å². The number of rotatable bonds is 4. The van der Waals surface area contributed by atoms with Crippen molar-refractivity contribution in [3.8, 4) is 5.75 Å². The molecule has 2 nitrogen and oxygen atoms in total. The first-order chi connectivity index (χ1) is 9.51. The average molecular weight is 294 g/mol. The zero-order valence-electron chi connectivity index (χ0n) is 11.5. The fourth-order valence-electron chi connectivity index (χ4n) is 2.07. The molecule has 0 aliphatic rings. The van der Waals surface area contributed by atoms with Gasteiger partial charge in [-0.2, -0.15) is 0 Å². The van der Waals surface area contributed by atoms with Crippen molar-refractivity contribution in [2.24, 2.45) is 5.73 Å². The third-order valence-corrected chi connectivity index (χ3v) is 3.74. The summed E-state index contributed by atoms with van der Waals surface area (Å²) >= 11 is 6.13. The van der Waals surface area contributed by atoms with Crippen molar-refractivity contribution < 1.29 is 9.13 Å². The lowest BCUT2D eigenvalue weighted by Crippen LogP contribution is -2.18. The first-order valence-electron chi connectivity index (χ1n) is 6.40. The minimum absolute atomic E-state index is 0.275. The summed E-state index contributed by atoms with van der Waals surface area (Å²) in [4.78, 5) is 0. The molecule has 106 valence electrons. The Morgan fingerprint density at radius 3 is 2.20 bits per heavy atom. The number of hydrogen-bond acceptors (Lipinski definition) is 2. The second-order valence-electron chi connectivity index (χ2n) is 4.76. The Morgan fingerprint density at radius 1 is 1.15 bits per heavy atom. The molecule has 0 aromatic heterocycles. The maximum absolute atomic E-state index is 12.9. The van der Waals surface area contributed by atoms with Crippen LogP contribution in [0.25, 0.3) is 0 Å². The van der Waals surface area contributed by atoms with Crippen molar-refractivity contribution in [1.29, 1.82) is 0 Å². The molecule has 2 aromatic rings. The summed E-state index contributed by atoms with van der Waals surface area (Å²) in [5.74, 6) is 0.437. The molecule has 0 bridgehead atoms. The van der Waals surface area contributed by atoms with Crippen LogP contribution >= 0.6 is 11.6 Å². The zero-order valence-corrected chi connectivity index (χ0v) is 12.2. The summed E-state index contributed by atoms with van der Waals surface area (Å²) in [5, 5.41) is 0.739. The highest BCUT2D eigenvalue weighted by Gasteiger charge is 2.13. The van der Waals surface area contributed by atoms with Gasteiger partial charge in [-0.05, 0) is 54.8 Å². The van der Waals surface area contributed by atoms with Gasteiger partial charge in [-0.3, -0.25) is 0 Å². The Kier molecular flexibility index (Phi) is 4.63. The first kappa shape index (κ1) is 14.8. The smallest absolute Gasteiger partial charge is 0.136 e. The lowest BCUT2D eigenvalue weighted by atomic mass is 10.1. The Bertz CT molecular complexity index is 575. The first-order valence-corrected chi connectivity index (χ1v) is 6.78. The summed E-state index contributed by atoms with van der Waals surface area (Å²) in [6.07, 6.45) is -0.310. The van der Waals surface area contributed by atoms with Crippen LogP contribution in [0.3, 0.4) is 0 Å². The van der Waals surface area contributed by atoms with Crippen molar-refractivity contribution in [3.63, 3.8) is 0 Å². The van der Waals surface area contributed by atoms with E-state index in [1.807, 2.05) is 26.0 Å². The second-order valence-corrected chi connectivity index (χ2v) is 5.14. The van der Waals surface area contributed by atoms with Crippen LogP contribution in [0.5, 0.6) is 5.75 Å². The zero-order chi connectivity index (χ0) is 14.7. The van der Waals surface area contributed by atoms with E-state index in [0.29, 0.717) is 12.3 Å². The molecular formula is C16H17ClFNO. The van der Waals surface area contributed by atoms with Crippen molar-refractivity contribution >= 4 is 11.6 Å². The van der Waals surface area contributed by atoms with Crippen LogP contribution in [0.15, 0.2) is 36.4 Å². The Morgan fingerprint density at radius 2 is 1.70 bits per heavy atom. The van der Waals surface area contributed by atoms with Gasteiger partial charge in [0.1, 0.15) is 17.7 Å². The molecule has 0 radical (unpaired) electrons. The molecule has 0 saturated carbocycles. The average Bonchev–Trinajstić information content (AvgIpc) is 2.43. The van der Waals surface area contributed by atoms with Gasteiger partial charge in [0, 0.05) is 11.6 Å². The minimum atomic E-state index is -0.310. The van der Waals surface area contributed by atoms with Crippen LogP contribution in [0.4, 0.5) is 4.39 Å². The van der Waals surface area contributed by atoms with E-state index in [1.54, 1.807) is 12.1 Å². The van der Waals surface area contributed by atoms with E-state index in [-0.39, 0.29) is 11.9 Å². The predicted octanol–water partition coefficient (Wildman–Crippen LogP) is 4.17. The summed E-state index contributed by atoms with van der Waals surface area (Å²) in [7, 11) is 0. The van der Waals surface area contributed by atoms with Crippen molar-refractivity contribution in [3.05, 3.63) is 63.9 Å². The number of hydrogen-bond donors (Lipinski definition) is 1. The Labute approximate surface area is 123 Å². The molecule has 1 unspecified atom stereocenters. The fraction of sp³-hybridized carbons (Fsp3) is 0.250. The molecule has 20 heavy (non-hydrogen) atoms. The molecule has 0 aliphatic carbocycles. The van der Waals surface area contributed by atoms with Crippen molar-refractivity contribution in [2.75, 3.05) is 6.54 Å². The second kappa shape index (κ2) is 6.25. The molecule has 0 saturated heterocycles. The molecule has 0 aliphatic heterocycles. The lowest BCUT2D eigenvalue weighted by Gasteiger charge is -2.19. The molecule has 1 atom stereocenters. The maximum atomic E-state index is 12.9. The van der Waals surface area contributed by atoms with Crippen LogP contribution in [0, 0.1) is 19.7 Å². The van der Waals surface area contributed by atoms with Gasteiger partial charge in [-0.15, -0.1) is 0 Å². The number of benzene rings is 2. The molecule has 4 heteroatoms. The summed E-state index contributed by atoms with van der Waals surface area (Å²) in [6, 6.07) is 9.92. The number of ether oxygens (including phenoxy) is 1. The highest BCUT2D eigenvalue weighted by atomic mass is 35.5. The van der Waals surface area contributed by atoms with Gasteiger partial charge in [0.05, 0.1) is 0 Å². The summed E-state index contributed by atoms with van der Waals surface area (Å²) in [5.41, 5.74) is 8.51. The molecular weight excluding hydrogens is 277 g/mol. The lowest BCUT2D eigenvalue weighted by molar-refractivity contribution is 0.214. The number of halogens is 2. The molecule has 2 N–H and O–H groups in total. The normalized spacial score (nSPS) is 12.2. The van der Waals surface area contributed by atoms with Crippen LogP contribution in [0.2, 0.25) is 5.02 Å². The van der Waals surface area contributed by atoms with Crippen LogP contribution in [0.1, 0.15) is 22.8 Å². The van der Waals surface area contributed by atoms with Gasteiger partial charge < -0.3 is 10.5 Å². The van der Waals surface area contributed by atoms with Crippen LogP contribution in [-0.4, -0.2) is 6.54 Å². The van der Waals surface area contributed by atoms with E-state index < -0.39 is 0 Å². The van der Waals surface area contributed by atoms with Gasteiger partial charge in [-0.25, -0.2) is 4.39 Å². The topological polar surface area (TPSA) is 35.2 Å². The van der Waals surface area contributed by atoms with E-state index >= 15 is 0 Å². The van der Waals surface area contributed by atoms with Crippen LogP contribution < -0.4 is 10.5 Å². The third kappa shape index (κ3) is 3.30. The third-order valence-electron chi connectivity index (χ3n) is 3.14.